The molecule has 2 aromatic heterocycles. The summed E-state index contributed by atoms with van der Waals surface area (Å²) in [5, 5.41) is 38.3. The summed E-state index contributed by atoms with van der Waals surface area (Å²) < 4.78 is 1.07. The van der Waals surface area contributed by atoms with E-state index in [-0.39, 0.29) is 18.6 Å². The van der Waals surface area contributed by atoms with Gasteiger partial charge in [0.2, 0.25) is 5.95 Å². The Hall–Kier alpha value is -3.11. The van der Waals surface area contributed by atoms with Gasteiger partial charge in [-0.25, -0.2) is 9.97 Å². The third kappa shape index (κ3) is 4.68. The van der Waals surface area contributed by atoms with E-state index < -0.39 is 18.2 Å². The topological polar surface area (TPSA) is 123 Å². The summed E-state index contributed by atoms with van der Waals surface area (Å²) in [7, 11) is 0. The van der Waals surface area contributed by atoms with Crippen LogP contribution in [0.2, 0.25) is 0 Å². The Balaban J connectivity index is 1.30. The fourth-order valence-corrected chi connectivity index (χ4v) is 6.58. The van der Waals surface area contributed by atoms with Crippen LogP contribution < -0.4 is 10.6 Å². The predicted octanol–water partition coefficient (Wildman–Crippen LogP) is 3.93. The molecule has 2 saturated carbocycles. The minimum Gasteiger partial charge on any atom is -0.396 e. The van der Waals surface area contributed by atoms with E-state index in [2.05, 4.69) is 34.9 Å². The first kappa shape index (κ1) is 24.2. The Kier molecular flexibility index (Phi) is 6.54. The maximum Gasteiger partial charge on any atom is 0.225 e. The summed E-state index contributed by atoms with van der Waals surface area (Å²) in [5.74, 6) is 1.25. The summed E-state index contributed by atoms with van der Waals surface area (Å²) in [4.78, 5) is 14.5. The van der Waals surface area contributed by atoms with Crippen molar-refractivity contribution < 1.29 is 15.3 Å². The van der Waals surface area contributed by atoms with Gasteiger partial charge < -0.3 is 26.0 Å². The lowest BCUT2D eigenvalue weighted by atomic mass is 9.76. The molecule has 2 aromatic carbocycles. The molecule has 37 heavy (non-hydrogen) atoms. The van der Waals surface area contributed by atoms with Gasteiger partial charge in [0.15, 0.2) is 0 Å². The van der Waals surface area contributed by atoms with Crippen LogP contribution in [0.5, 0.6) is 0 Å². The van der Waals surface area contributed by atoms with Gasteiger partial charge in [-0.15, -0.1) is 11.3 Å². The number of aromatic nitrogens is 3. The number of nitrogens with zero attached hydrogens (tertiary/aromatic N) is 3. The van der Waals surface area contributed by atoms with Crippen molar-refractivity contribution in [3.63, 3.8) is 0 Å². The van der Waals surface area contributed by atoms with Crippen LogP contribution >= 0.6 is 11.3 Å². The third-order valence-corrected chi connectivity index (χ3v) is 8.75. The summed E-state index contributed by atoms with van der Waals surface area (Å²) in [6.45, 7) is 1.77. The van der Waals surface area contributed by atoms with Gasteiger partial charge in [-0.1, -0.05) is 42.5 Å². The molecule has 192 valence electrons. The fraction of sp³-hybridized carbons (Fsp3) is 0.393. The van der Waals surface area contributed by atoms with Gasteiger partial charge in [0.1, 0.15) is 16.9 Å². The highest BCUT2D eigenvalue weighted by atomic mass is 32.1. The van der Waals surface area contributed by atoms with Crippen LogP contribution in [0, 0.1) is 12.8 Å². The van der Waals surface area contributed by atoms with Crippen molar-refractivity contribution in [3.05, 3.63) is 65.9 Å². The number of hydrogen-bond acceptors (Lipinski definition) is 9. The molecular weight excluding hydrogens is 486 g/mol. The highest BCUT2D eigenvalue weighted by Gasteiger charge is 2.41. The normalized spacial score (nSPS) is 27.2. The predicted molar refractivity (Wildman–Crippen MR) is 146 cm³/mol. The Morgan fingerprint density at radius 1 is 0.892 bits per heavy atom. The van der Waals surface area contributed by atoms with Gasteiger partial charge in [0.25, 0.3) is 0 Å². The standard InChI is InChI=1S/C28H31N5O3S/c1-15-23(27-32-20-9-5-6-10-22(20)37-27)26(31-21-13-18(14-34)24(35)25(21)36)33-28(29-15)30-19-11-17(12-19)16-7-3-2-4-8-16/h2-10,17-19,21,24-25,34-36H,11-14H2,1H3,(H2,29,30,31,33)/t17?,18-,19?,21?,24-,25+/m1/s1. The number of para-hydroxylation sites is 1. The van der Waals surface area contributed by atoms with Crippen molar-refractivity contribution in [1.82, 2.24) is 15.0 Å². The number of aliphatic hydroxyl groups excluding tert-OH is 3. The summed E-state index contributed by atoms with van der Waals surface area (Å²) in [6.07, 6.45) is 0.468. The minimum absolute atomic E-state index is 0.180. The summed E-state index contributed by atoms with van der Waals surface area (Å²) in [6, 6.07) is 18.4. The van der Waals surface area contributed by atoms with E-state index >= 15 is 0 Å². The molecule has 2 heterocycles. The van der Waals surface area contributed by atoms with Crippen LogP contribution in [0.15, 0.2) is 54.6 Å². The van der Waals surface area contributed by atoms with Crippen molar-refractivity contribution >= 4 is 33.3 Å². The summed E-state index contributed by atoms with van der Waals surface area (Å²) in [5.41, 5.74) is 3.84. The number of hydrogen-bond donors (Lipinski definition) is 5. The fourth-order valence-electron chi connectivity index (χ4n) is 5.52. The lowest BCUT2D eigenvalue weighted by Crippen LogP contribution is -2.36. The van der Waals surface area contributed by atoms with E-state index in [9.17, 15) is 15.3 Å². The quantitative estimate of drug-likeness (QED) is 0.250. The first-order chi connectivity index (χ1) is 18.0. The Bertz CT molecular complexity index is 1360. The maximum atomic E-state index is 10.7. The number of benzene rings is 2. The minimum atomic E-state index is -1.01. The van der Waals surface area contributed by atoms with Crippen LogP contribution in [0.25, 0.3) is 20.8 Å². The van der Waals surface area contributed by atoms with Crippen molar-refractivity contribution in [3.8, 4) is 10.6 Å². The molecular formula is C28H31N5O3S. The smallest absolute Gasteiger partial charge is 0.225 e. The molecule has 2 aliphatic carbocycles. The second-order valence-electron chi connectivity index (χ2n) is 10.2. The first-order valence-electron chi connectivity index (χ1n) is 12.8. The second-order valence-corrected chi connectivity index (χ2v) is 11.2. The Morgan fingerprint density at radius 2 is 1.65 bits per heavy atom. The zero-order valence-corrected chi connectivity index (χ0v) is 21.4. The van der Waals surface area contributed by atoms with E-state index in [0.717, 1.165) is 39.3 Å². The molecule has 2 fully saturated rings. The summed E-state index contributed by atoms with van der Waals surface area (Å²) >= 11 is 1.57. The zero-order valence-electron chi connectivity index (χ0n) is 20.6. The number of rotatable bonds is 7. The lowest BCUT2D eigenvalue weighted by Gasteiger charge is -2.36. The largest absolute Gasteiger partial charge is 0.396 e. The van der Waals surface area contributed by atoms with Crippen molar-refractivity contribution in [1.29, 1.82) is 0 Å². The Morgan fingerprint density at radius 3 is 2.38 bits per heavy atom. The van der Waals surface area contributed by atoms with Crippen LogP contribution in [0.4, 0.5) is 11.8 Å². The first-order valence-corrected chi connectivity index (χ1v) is 13.6. The molecule has 0 aliphatic heterocycles. The number of thiazole rings is 1. The molecule has 9 heteroatoms. The van der Waals surface area contributed by atoms with E-state index in [1.807, 2.05) is 37.3 Å². The van der Waals surface area contributed by atoms with Crippen molar-refractivity contribution in [2.75, 3.05) is 17.2 Å². The molecule has 0 saturated heterocycles. The van der Waals surface area contributed by atoms with Crippen molar-refractivity contribution in [2.45, 2.75) is 56.4 Å². The van der Waals surface area contributed by atoms with E-state index in [1.54, 1.807) is 11.3 Å². The number of aliphatic hydroxyl groups is 3. The molecule has 0 amide bonds. The van der Waals surface area contributed by atoms with Gasteiger partial charge in [-0.05, 0) is 49.8 Å². The number of aryl methyl sites for hydroxylation is 1. The van der Waals surface area contributed by atoms with Gasteiger partial charge in [-0.2, -0.15) is 4.98 Å². The average Bonchev–Trinajstić information content (AvgIpc) is 3.42. The molecule has 1 unspecified atom stereocenters. The highest BCUT2D eigenvalue weighted by Crippen LogP contribution is 2.40. The number of fused-ring (bicyclic) bond motifs is 1. The molecule has 4 atom stereocenters. The highest BCUT2D eigenvalue weighted by molar-refractivity contribution is 7.21. The maximum absolute atomic E-state index is 10.7. The molecule has 0 bridgehead atoms. The molecule has 0 spiro atoms. The molecule has 8 nitrogen and oxygen atoms in total. The van der Waals surface area contributed by atoms with Gasteiger partial charge in [0, 0.05) is 18.6 Å². The third-order valence-electron chi connectivity index (χ3n) is 7.70. The zero-order chi connectivity index (χ0) is 25.5. The van der Waals surface area contributed by atoms with Crippen LogP contribution in [-0.2, 0) is 0 Å². The monoisotopic (exact) mass is 517 g/mol. The molecule has 6 rings (SSSR count). The number of nitrogens with one attached hydrogen (secondary N) is 2. The molecule has 4 aromatic rings. The SMILES string of the molecule is Cc1nc(NC2CC(c3ccccc3)C2)nc(NC2C[C@H](CO)[C@@H](O)[C@H]2O)c1-c1nc2ccccc2s1. The average molecular weight is 518 g/mol. The van der Waals surface area contributed by atoms with E-state index in [1.165, 1.54) is 5.56 Å². The van der Waals surface area contributed by atoms with Crippen LogP contribution in [0.1, 0.15) is 36.4 Å². The molecule has 2 aliphatic rings. The van der Waals surface area contributed by atoms with Gasteiger partial charge in [-0.3, -0.25) is 0 Å². The second kappa shape index (κ2) is 9.98. The van der Waals surface area contributed by atoms with Gasteiger partial charge in [0.05, 0.1) is 33.6 Å². The lowest BCUT2D eigenvalue weighted by molar-refractivity contribution is 0.00446. The molecule has 0 radical (unpaired) electrons. The van der Waals surface area contributed by atoms with E-state index in [4.69, 9.17) is 15.0 Å². The van der Waals surface area contributed by atoms with Gasteiger partial charge >= 0.3 is 0 Å². The van der Waals surface area contributed by atoms with E-state index in [0.29, 0.717) is 24.1 Å². The number of anilines is 2. The Labute approximate surface area is 219 Å². The van der Waals surface area contributed by atoms with Crippen LogP contribution in [0.3, 0.4) is 0 Å². The molecule has 5 N–H and O–H groups in total. The van der Waals surface area contributed by atoms with Crippen molar-refractivity contribution in [2.24, 2.45) is 5.92 Å². The van der Waals surface area contributed by atoms with Crippen LogP contribution in [-0.4, -0.2) is 61.2 Å².